The molecule has 1 rings (SSSR count). The van der Waals surface area contributed by atoms with Crippen molar-refractivity contribution in [3.8, 4) is 0 Å². The molecule has 0 aliphatic carbocycles. The van der Waals surface area contributed by atoms with Crippen LogP contribution < -0.4 is 5.32 Å². The third-order valence-electron chi connectivity index (χ3n) is 5.12. The van der Waals surface area contributed by atoms with E-state index in [2.05, 4.69) is 39.2 Å². The van der Waals surface area contributed by atoms with Gasteiger partial charge in [-0.05, 0) is 45.8 Å². The van der Waals surface area contributed by atoms with Crippen LogP contribution in [0, 0.1) is 0 Å². The van der Waals surface area contributed by atoms with Gasteiger partial charge in [-0.25, -0.2) is 4.79 Å². The van der Waals surface area contributed by atoms with Crippen molar-refractivity contribution in [2.24, 2.45) is 0 Å². The summed E-state index contributed by atoms with van der Waals surface area (Å²) in [7, 11) is -2.23. The Morgan fingerprint density at radius 2 is 1.76 bits per heavy atom. The topological polar surface area (TPSA) is 94.2 Å². The maximum Gasteiger partial charge on any atom is 0.407 e. The predicted octanol–water partition coefficient (Wildman–Crippen LogP) is 3.07. The standard InChI is InChI=1S/C20H38N2O6Si/c1-10-26-16(23)13-22-12-14(21-18(25)27-19(2,3)4)11-15(17(22)24)28-29(8,9)20(5,6)7/h14-15H,10-13H2,1-9H3,(H,21,25)/t14-,15+/m0/s1. The van der Waals surface area contributed by atoms with Crippen LogP contribution in [0.1, 0.15) is 54.9 Å². The maximum atomic E-state index is 13.0. The molecule has 0 spiro atoms. The Labute approximate surface area is 175 Å². The second-order valence-electron chi connectivity index (χ2n) is 9.97. The Morgan fingerprint density at radius 1 is 1.17 bits per heavy atom. The van der Waals surface area contributed by atoms with Gasteiger partial charge in [-0.2, -0.15) is 0 Å². The number of likely N-dealkylation sites (tertiary alicyclic amines) is 1. The number of rotatable bonds is 6. The van der Waals surface area contributed by atoms with Gasteiger partial charge in [-0.15, -0.1) is 0 Å². The lowest BCUT2D eigenvalue weighted by Gasteiger charge is -2.43. The van der Waals surface area contributed by atoms with Crippen molar-refractivity contribution < 1.29 is 28.3 Å². The highest BCUT2D eigenvalue weighted by Crippen LogP contribution is 2.38. The fraction of sp³-hybridized carbons (Fsp3) is 0.850. The van der Waals surface area contributed by atoms with Gasteiger partial charge in [0.1, 0.15) is 18.2 Å². The van der Waals surface area contributed by atoms with Crippen LogP contribution >= 0.6 is 0 Å². The number of nitrogens with one attached hydrogen (secondary N) is 1. The molecule has 1 heterocycles. The van der Waals surface area contributed by atoms with E-state index in [4.69, 9.17) is 13.9 Å². The highest BCUT2D eigenvalue weighted by atomic mass is 28.4. The molecule has 1 saturated heterocycles. The van der Waals surface area contributed by atoms with Crippen LogP contribution in [-0.2, 0) is 23.5 Å². The fourth-order valence-electron chi connectivity index (χ4n) is 2.71. The van der Waals surface area contributed by atoms with E-state index in [0.29, 0.717) is 6.42 Å². The van der Waals surface area contributed by atoms with Crippen LogP contribution in [-0.4, -0.2) is 68.6 Å². The Bertz CT molecular complexity index is 609. The molecule has 1 aliphatic heterocycles. The molecule has 2 amide bonds. The molecule has 1 aliphatic rings. The quantitative estimate of drug-likeness (QED) is 0.514. The number of esters is 1. The first-order valence-corrected chi connectivity index (χ1v) is 13.1. The van der Waals surface area contributed by atoms with E-state index >= 15 is 0 Å². The van der Waals surface area contributed by atoms with Crippen LogP contribution in [0.5, 0.6) is 0 Å². The summed E-state index contributed by atoms with van der Waals surface area (Å²) in [6, 6.07) is -0.383. The van der Waals surface area contributed by atoms with Crippen molar-refractivity contribution in [3.05, 3.63) is 0 Å². The number of nitrogens with zero attached hydrogens (tertiary/aromatic N) is 1. The van der Waals surface area contributed by atoms with Crippen molar-refractivity contribution in [2.75, 3.05) is 19.7 Å². The fourth-order valence-corrected chi connectivity index (χ4v) is 3.97. The number of ether oxygens (including phenoxy) is 2. The molecular formula is C20H38N2O6Si. The molecule has 0 radical (unpaired) electrons. The molecule has 1 N–H and O–H groups in total. The van der Waals surface area contributed by atoms with Crippen molar-refractivity contribution in [1.82, 2.24) is 10.2 Å². The third-order valence-corrected chi connectivity index (χ3v) is 9.60. The van der Waals surface area contributed by atoms with Gasteiger partial charge < -0.3 is 24.1 Å². The number of carbonyl (C=O) groups is 3. The van der Waals surface area contributed by atoms with Gasteiger partial charge in [-0.1, -0.05) is 20.8 Å². The van der Waals surface area contributed by atoms with Crippen molar-refractivity contribution in [2.45, 2.75) is 90.8 Å². The first-order chi connectivity index (χ1) is 13.1. The molecule has 0 bridgehead atoms. The van der Waals surface area contributed by atoms with Crippen LogP contribution in [0.15, 0.2) is 0 Å². The lowest BCUT2D eigenvalue weighted by molar-refractivity contribution is -0.154. The number of hydrogen-bond acceptors (Lipinski definition) is 6. The minimum atomic E-state index is -2.23. The van der Waals surface area contributed by atoms with Gasteiger partial charge in [0.05, 0.1) is 12.6 Å². The van der Waals surface area contributed by atoms with E-state index in [1.807, 2.05) is 0 Å². The third kappa shape index (κ3) is 7.97. The molecule has 0 aromatic heterocycles. The molecule has 2 atom stereocenters. The van der Waals surface area contributed by atoms with E-state index in [0.717, 1.165) is 0 Å². The summed E-state index contributed by atoms with van der Waals surface area (Å²) in [5.74, 6) is -0.727. The normalized spacial score (nSPS) is 21.0. The average Bonchev–Trinajstić information content (AvgIpc) is 2.48. The summed E-state index contributed by atoms with van der Waals surface area (Å²) in [6.45, 7) is 17.8. The highest BCUT2D eigenvalue weighted by molar-refractivity contribution is 6.74. The average molecular weight is 431 g/mol. The Kier molecular flexibility index (Phi) is 8.30. The minimum absolute atomic E-state index is 0.0786. The Morgan fingerprint density at radius 3 is 2.24 bits per heavy atom. The van der Waals surface area contributed by atoms with Crippen LogP contribution in [0.4, 0.5) is 4.79 Å². The summed E-state index contributed by atoms with van der Waals surface area (Å²) < 4.78 is 16.7. The van der Waals surface area contributed by atoms with Crippen LogP contribution in [0.25, 0.3) is 0 Å². The molecule has 9 heteroatoms. The second kappa shape index (κ2) is 9.47. The van der Waals surface area contributed by atoms with Crippen LogP contribution in [0.3, 0.4) is 0 Å². The molecule has 0 aromatic carbocycles. The summed E-state index contributed by atoms with van der Waals surface area (Å²) in [4.78, 5) is 38.6. The first kappa shape index (κ1) is 25.4. The molecule has 29 heavy (non-hydrogen) atoms. The molecule has 0 saturated carbocycles. The van der Waals surface area contributed by atoms with Crippen molar-refractivity contribution >= 4 is 26.3 Å². The van der Waals surface area contributed by atoms with E-state index in [1.54, 1.807) is 27.7 Å². The molecule has 168 valence electrons. The first-order valence-electron chi connectivity index (χ1n) is 10.2. The van der Waals surface area contributed by atoms with Gasteiger partial charge in [0.25, 0.3) is 5.91 Å². The zero-order valence-corrected chi connectivity index (χ0v) is 20.4. The smallest absolute Gasteiger partial charge is 0.407 e. The molecule has 0 unspecified atom stereocenters. The minimum Gasteiger partial charge on any atom is -0.465 e. The second-order valence-corrected chi connectivity index (χ2v) is 14.7. The monoisotopic (exact) mass is 430 g/mol. The van der Waals surface area contributed by atoms with E-state index in [9.17, 15) is 14.4 Å². The molecular weight excluding hydrogens is 392 g/mol. The largest absolute Gasteiger partial charge is 0.465 e. The lowest BCUT2D eigenvalue weighted by atomic mass is 10.0. The number of alkyl carbamates (subject to hydrolysis) is 1. The predicted molar refractivity (Wildman–Crippen MR) is 113 cm³/mol. The summed E-state index contributed by atoms with van der Waals surface area (Å²) >= 11 is 0. The number of amides is 2. The Hall–Kier alpha value is -1.61. The summed E-state index contributed by atoms with van der Waals surface area (Å²) in [6.07, 6.45) is -0.942. The SMILES string of the molecule is CCOC(=O)CN1C[C@@H](NC(=O)OC(C)(C)C)C[C@@H](O[Si](C)(C)C(C)(C)C)C1=O. The highest BCUT2D eigenvalue weighted by Gasteiger charge is 2.44. The molecule has 1 fully saturated rings. The molecule has 0 aromatic rings. The van der Waals surface area contributed by atoms with Gasteiger partial charge in [0, 0.05) is 13.0 Å². The van der Waals surface area contributed by atoms with Gasteiger partial charge in [0.15, 0.2) is 8.32 Å². The number of piperidine rings is 1. The van der Waals surface area contributed by atoms with E-state index in [1.165, 1.54) is 4.90 Å². The van der Waals surface area contributed by atoms with E-state index in [-0.39, 0.29) is 36.7 Å². The zero-order valence-electron chi connectivity index (χ0n) is 19.4. The number of hydrogen-bond donors (Lipinski definition) is 1. The van der Waals surface area contributed by atoms with E-state index < -0.39 is 32.1 Å². The number of carbonyl (C=O) groups excluding carboxylic acids is 3. The van der Waals surface area contributed by atoms with Gasteiger partial charge in [0.2, 0.25) is 0 Å². The van der Waals surface area contributed by atoms with Crippen LogP contribution in [0.2, 0.25) is 18.1 Å². The molecule has 8 nitrogen and oxygen atoms in total. The van der Waals surface area contributed by atoms with Gasteiger partial charge >= 0.3 is 12.1 Å². The van der Waals surface area contributed by atoms with Crippen molar-refractivity contribution in [1.29, 1.82) is 0 Å². The summed E-state index contributed by atoms with van der Waals surface area (Å²) in [5.41, 5.74) is -0.629. The Balaban J connectivity index is 2.99. The van der Waals surface area contributed by atoms with Gasteiger partial charge in [-0.3, -0.25) is 9.59 Å². The van der Waals surface area contributed by atoms with Crippen molar-refractivity contribution in [3.63, 3.8) is 0 Å². The maximum absolute atomic E-state index is 13.0. The lowest BCUT2D eigenvalue weighted by Crippen LogP contribution is -2.60. The summed E-state index contributed by atoms with van der Waals surface area (Å²) in [5, 5.41) is 2.74. The zero-order chi connectivity index (χ0) is 22.6.